The number of aryl methyl sites for hydroxylation is 2. The van der Waals surface area contributed by atoms with E-state index in [9.17, 15) is 14.7 Å². The Morgan fingerprint density at radius 3 is 2.49 bits per heavy atom. The number of nitrogens with zero attached hydrogens (tertiary/aromatic N) is 3. The predicted octanol–water partition coefficient (Wildman–Crippen LogP) is 4.52. The number of amides is 1. The van der Waals surface area contributed by atoms with Crippen LogP contribution in [-0.4, -0.2) is 44.4 Å². The molecule has 3 aromatic rings. The van der Waals surface area contributed by atoms with Crippen molar-refractivity contribution >= 4 is 17.4 Å². The number of ether oxygens (including phenoxy) is 1. The zero-order valence-corrected chi connectivity index (χ0v) is 19.8. The predicted molar refractivity (Wildman–Crippen MR) is 134 cm³/mol. The third-order valence-corrected chi connectivity index (χ3v) is 6.11. The number of aromatic nitrogens is 2. The second kappa shape index (κ2) is 10.9. The first-order valence-electron chi connectivity index (χ1n) is 11.7. The molecule has 0 radical (unpaired) electrons. The van der Waals surface area contributed by atoms with Crippen molar-refractivity contribution in [1.82, 2.24) is 14.5 Å². The molecule has 0 bridgehead atoms. The molecule has 2 aromatic carbocycles. The lowest BCUT2D eigenvalue weighted by Gasteiger charge is -2.25. The van der Waals surface area contributed by atoms with E-state index in [1.54, 1.807) is 47.8 Å². The van der Waals surface area contributed by atoms with E-state index in [-0.39, 0.29) is 11.3 Å². The van der Waals surface area contributed by atoms with Crippen LogP contribution in [0.25, 0.3) is 5.76 Å². The zero-order chi connectivity index (χ0) is 24.8. The first-order chi connectivity index (χ1) is 17.0. The highest BCUT2D eigenvalue weighted by Crippen LogP contribution is 2.39. The number of rotatable bonds is 10. The molecule has 0 aliphatic carbocycles. The van der Waals surface area contributed by atoms with Gasteiger partial charge in [0.05, 0.1) is 17.9 Å². The van der Waals surface area contributed by atoms with Gasteiger partial charge in [0.1, 0.15) is 18.1 Å². The number of aliphatic hydroxyl groups excluding tert-OH is 1. The second-order valence-electron chi connectivity index (χ2n) is 8.37. The van der Waals surface area contributed by atoms with Crippen molar-refractivity contribution in [3.63, 3.8) is 0 Å². The molecule has 35 heavy (non-hydrogen) atoms. The van der Waals surface area contributed by atoms with Gasteiger partial charge in [-0.05, 0) is 48.2 Å². The fraction of sp³-hybridized carbons (Fsp3) is 0.250. The number of carbonyl (C=O) groups excluding carboxylic acids is 2. The topological polar surface area (TPSA) is 84.7 Å². The number of carbonyl (C=O) groups is 2. The SMILES string of the molecule is C=CCOc1ccc(/C(O)=C2\C(=O)C(=O)N(CCCn3ccnc3)C2c2ccc(CC)cc2)cc1. The highest BCUT2D eigenvalue weighted by Gasteiger charge is 2.45. The highest BCUT2D eigenvalue weighted by molar-refractivity contribution is 6.46. The minimum absolute atomic E-state index is 0.0987. The number of aliphatic hydroxyl groups is 1. The lowest BCUT2D eigenvalue weighted by molar-refractivity contribution is -0.139. The second-order valence-corrected chi connectivity index (χ2v) is 8.37. The first kappa shape index (κ1) is 24.0. The van der Waals surface area contributed by atoms with E-state index in [4.69, 9.17) is 4.74 Å². The number of ketones is 1. The third kappa shape index (κ3) is 5.19. The Bertz CT molecular complexity index is 1210. The van der Waals surface area contributed by atoms with Crippen LogP contribution in [0.2, 0.25) is 0 Å². The van der Waals surface area contributed by atoms with Gasteiger partial charge in [-0.2, -0.15) is 0 Å². The quantitative estimate of drug-likeness (QED) is 0.203. The van der Waals surface area contributed by atoms with Gasteiger partial charge >= 0.3 is 0 Å². The molecule has 1 aromatic heterocycles. The maximum atomic E-state index is 13.2. The summed E-state index contributed by atoms with van der Waals surface area (Å²) in [6.07, 6.45) is 8.45. The van der Waals surface area contributed by atoms with E-state index >= 15 is 0 Å². The van der Waals surface area contributed by atoms with Crippen LogP contribution in [-0.2, 0) is 22.6 Å². The van der Waals surface area contributed by atoms with E-state index in [1.807, 2.05) is 35.0 Å². The van der Waals surface area contributed by atoms with Gasteiger partial charge in [0, 0.05) is 31.0 Å². The Morgan fingerprint density at radius 1 is 1.11 bits per heavy atom. The van der Waals surface area contributed by atoms with Crippen LogP contribution in [0.5, 0.6) is 5.75 Å². The van der Waals surface area contributed by atoms with Crippen molar-refractivity contribution in [1.29, 1.82) is 0 Å². The van der Waals surface area contributed by atoms with Crippen molar-refractivity contribution in [2.45, 2.75) is 32.4 Å². The molecule has 1 atom stereocenters. The fourth-order valence-corrected chi connectivity index (χ4v) is 4.26. The summed E-state index contributed by atoms with van der Waals surface area (Å²) < 4.78 is 7.43. The van der Waals surface area contributed by atoms with Crippen molar-refractivity contribution < 1.29 is 19.4 Å². The minimum Gasteiger partial charge on any atom is -0.507 e. The van der Waals surface area contributed by atoms with Gasteiger partial charge < -0.3 is 19.3 Å². The summed E-state index contributed by atoms with van der Waals surface area (Å²) in [4.78, 5) is 31.9. The van der Waals surface area contributed by atoms with E-state index in [0.29, 0.717) is 37.4 Å². The molecule has 4 rings (SSSR count). The van der Waals surface area contributed by atoms with E-state index in [2.05, 4.69) is 18.5 Å². The molecule has 7 heteroatoms. The summed E-state index contributed by atoms with van der Waals surface area (Å²) in [5.41, 5.74) is 2.49. The van der Waals surface area contributed by atoms with Crippen LogP contribution in [0.1, 0.15) is 36.1 Å². The largest absolute Gasteiger partial charge is 0.507 e. The van der Waals surface area contributed by atoms with Crippen LogP contribution < -0.4 is 4.74 Å². The summed E-state index contributed by atoms with van der Waals surface area (Å²) in [6.45, 7) is 7.09. The number of likely N-dealkylation sites (tertiary alicyclic amines) is 1. The molecule has 180 valence electrons. The lowest BCUT2D eigenvalue weighted by Crippen LogP contribution is -2.31. The van der Waals surface area contributed by atoms with Crippen LogP contribution in [0.4, 0.5) is 0 Å². The van der Waals surface area contributed by atoms with Crippen LogP contribution in [0, 0.1) is 0 Å². The molecule has 1 aliphatic heterocycles. The van der Waals surface area contributed by atoms with Crippen LogP contribution >= 0.6 is 0 Å². The number of Topliss-reactive ketones (excluding diaryl/α,β-unsaturated/α-hetero) is 1. The van der Waals surface area contributed by atoms with E-state index < -0.39 is 17.7 Å². The average molecular weight is 472 g/mol. The van der Waals surface area contributed by atoms with E-state index in [1.165, 1.54) is 0 Å². The van der Waals surface area contributed by atoms with Gasteiger partial charge in [-0.1, -0.05) is 43.8 Å². The maximum Gasteiger partial charge on any atom is 0.295 e. The molecule has 1 fully saturated rings. The number of hydrogen-bond acceptors (Lipinski definition) is 5. The molecular weight excluding hydrogens is 442 g/mol. The third-order valence-electron chi connectivity index (χ3n) is 6.11. The summed E-state index contributed by atoms with van der Waals surface area (Å²) in [5, 5.41) is 11.2. The molecule has 1 saturated heterocycles. The maximum absolute atomic E-state index is 13.2. The molecular formula is C28H29N3O4. The molecule has 0 spiro atoms. The molecule has 1 amide bonds. The van der Waals surface area contributed by atoms with Crippen molar-refractivity contribution in [3.8, 4) is 5.75 Å². The number of hydrogen-bond donors (Lipinski definition) is 1. The van der Waals surface area contributed by atoms with Crippen molar-refractivity contribution in [2.24, 2.45) is 0 Å². The Labute approximate surface area is 205 Å². The summed E-state index contributed by atoms with van der Waals surface area (Å²) in [7, 11) is 0. The van der Waals surface area contributed by atoms with Gasteiger partial charge in [0.2, 0.25) is 0 Å². The van der Waals surface area contributed by atoms with Crippen molar-refractivity contribution in [2.75, 3.05) is 13.2 Å². The Balaban J connectivity index is 1.69. The smallest absolute Gasteiger partial charge is 0.295 e. The number of benzene rings is 2. The Morgan fingerprint density at radius 2 is 1.86 bits per heavy atom. The van der Waals surface area contributed by atoms with E-state index in [0.717, 1.165) is 17.5 Å². The van der Waals surface area contributed by atoms with Crippen LogP contribution in [0.3, 0.4) is 0 Å². The molecule has 0 saturated carbocycles. The number of imidazole rings is 1. The average Bonchev–Trinajstić information content (AvgIpc) is 3.50. The van der Waals surface area contributed by atoms with Crippen molar-refractivity contribution in [3.05, 3.63) is 102 Å². The monoisotopic (exact) mass is 471 g/mol. The molecule has 2 heterocycles. The molecule has 1 unspecified atom stereocenters. The lowest BCUT2D eigenvalue weighted by atomic mass is 9.94. The fourth-order valence-electron chi connectivity index (χ4n) is 4.26. The van der Waals surface area contributed by atoms with Gasteiger partial charge in [0.25, 0.3) is 11.7 Å². The highest BCUT2D eigenvalue weighted by atomic mass is 16.5. The van der Waals surface area contributed by atoms with Gasteiger partial charge in [-0.25, -0.2) is 4.98 Å². The molecule has 1 N–H and O–H groups in total. The summed E-state index contributed by atoms with van der Waals surface area (Å²) in [6, 6.07) is 14.0. The molecule has 1 aliphatic rings. The van der Waals surface area contributed by atoms with Gasteiger partial charge in [0.15, 0.2) is 0 Å². The van der Waals surface area contributed by atoms with Crippen LogP contribution in [0.15, 0.2) is 85.5 Å². The minimum atomic E-state index is -0.679. The Hall–Kier alpha value is -4.13. The summed E-state index contributed by atoms with van der Waals surface area (Å²) in [5.74, 6) is -0.859. The normalized spacial score (nSPS) is 17.1. The van der Waals surface area contributed by atoms with Gasteiger partial charge in [-0.3, -0.25) is 9.59 Å². The standard InChI is InChI=1S/C28H29N3O4/c1-3-18-35-23-12-10-22(11-13-23)26(32)24-25(21-8-6-20(4-2)7-9-21)31(28(34)27(24)33)16-5-15-30-17-14-29-19-30/h3,6-14,17,19,25,32H,1,4-5,15-16,18H2,2H3/b26-24+. The Kier molecular flexibility index (Phi) is 7.45. The van der Waals surface area contributed by atoms with Gasteiger partial charge in [-0.15, -0.1) is 0 Å². The first-order valence-corrected chi connectivity index (χ1v) is 11.7. The summed E-state index contributed by atoms with van der Waals surface area (Å²) >= 11 is 0. The molecule has 7 nitrogen and oxygen atoms in total. The zero-order valence-electron chi connectivity index (χ0n) is 19.8.